The smallest absolute Gasteiger partial charge is 0.305 e. The first-order valence-corrected chi connectivity index (χ1v) is 5.69. The largest absolute Gasteiger partial charge is 0.481 e. The van der Waals surface area contributed by atoms with Gasteiger partial charge in [-0.1, -0.05) is 6.42 Å². The molecule has 0 radical (unpaired) electrons. The normalized spacial score (nSPS) is 22.9. The van der Waals surface area contributed by atoms with Gasteiger partial charge in [0.2, 0.25) is 5.91 Å². The molecule has 2 aliphatic carbocycles. The van der Waals surface area contributed by atoms with Gasteiger partial charge in [0.15, 0.2) is 0 Å². The Hall–Kier alpha value is -1.06. The third-order valence-corrected chi connectivity index (χ3v) is 3.39. The highest BCUT2D eigenvalue weighted by molar-refractivity contribution is 5.80. The van der Waals surface area contributed by atoms with E-state index in [-0.39, 0.29) is 24.3 Å². The fourth-order valence-electron chi connectivity index (χ4n) is 1.99. The Bertz CT molecular complexity index is 269. The fourth-order valence-corrected chi connectivity index (χ4v) is 1.99. The summed E-state index contributed by atoms with van der Waals surface area (Å²) in [7, 11) is 0. The van der Waals surface area contributed by atoms with Crippen molar-refractivity contribution < 1.29 is 14.7 Å². The lowest BCUT2D eigenvalue weighted by atomic mass is 9.84. The number of rotatable bonds is 5. The van der Waals surface area contributed by atoms with Gasteiger partial charge in [0, 0.05) is 12.0 Å². The monoisotopic (exact) mass is 211 g/mol. The zero-order chi connectivity index (χ0) is 10.8. The zero-order valence-electron chi connectivity index (χ0n) is 8.74. The van der Waals surface area contributed by atoms with Crippen LogP contribution in [-0.4, -0.2) is 23.0 Å². The van der Waals surface area contributed by atoms with Gasteiger partial charge in [0.05, 0.1) is 6.42 Å². The topological polar surface area (TPSA) is 66.4 Å². The standard InChI is InChI=1S/C11H17NO3/c13-10(14)6-9(7-4-5-7)12-11(15)8-2-1-3-8/h7-9H,1-6H2,(H,12,15)(H,13,14)/t9-/m1/s1. The highest BCUT2D eigenvalue weighted by Crippen LogP contribution is 2.35. The summed E-state index contributed by atoms with van der Waals surface area (Å²) in [6.07, 6.45) is 5.26. The molecule has 0 unspecified atom stereocenters. The lowest BCUT2D eigenvalue weighted by Crippen LogP contribution is -2.43. The molecule has 2 fully saturated rings. The molecule has 0 saturated heterocycles. The molecule has 4 heteroatoms. The van der Waals surface area contributed by atoms with E-state index in [2.05, 4.69) is 5.32 Å². The van der Waals surface area contributed by atoms with Gasteiger partial charge in [-0.2, -0.15) is 0 Å². The number of nitrogens with one attached hydrogen (secondary N) is 1. The Labute approximate surface area is 89.0 Å². The van der Waals surface area contributed by atoms with Gasteiger partial charge >= 0.3 is 5.97 Å². The number of hydrogen-bond acceptors (Lipinski definition) is 2. The van der Waals surface area contributed by atoms with Crippen LogP contribution in [0.4, 0.5) is 0 Å². The summed E-state index contributed by atoms with van der Waals surface area (Å²) in [5.41, 5.74) is 0. The highest BCUT2D eigenvalue weighted by atomic mass is 16.4. The Morgan fingerprint density at radius 1 is 1.27 bits per heavy atom. The minimum atomic E-state index is -0.819. The first kappa shape index (κ1) is 10.5. The number of amides is 1. The molecular formula is C11H17NO3. The number of hydrogen-bond donors (Lipinski definition) is 2. The molecule has 1 atom stereocenters. The number of carboxylic acids is 1. The quantitative estimate of drug-likeness (QED) is 0.717. The van der Waals surface area contributed by atoms with Gasteiger partial charge in [-0.05, 0) is 31.6 Å². The van der Waals surface area contributed by atoms with Gasteiger partial charge in [-0.3, -0.25) is 9.59 Å². The highest BCUT2D eigenvalue weighted by Gasteiger charge is 2.35. The first-order chi connectivity index (χ1) is 7.16. The summed E-state index contributed by atoms with van der Waals surface area (Å²) in [5, 5.41) is 11.6. The molecule has 0 heterocycles. The van der Waals surface area contributed by atoms with Gasteiger partial charge < -0.3 is 10.4 Å². The van der Waals surface area contributed by atoms with Crippen LogP contribution in [-0.2, 0) is 9.59 Å². The van der Waals surface area contributed by atoms with Crippen LogP contribution in [0.3, 0.4) is 0 Å². The van der Waals surface area contributed by atoms with E-state index in [4.69, 9.17) is 5.11 Å². The Morgan fingerprint density at radius 2 is 1.93 bits per heavy atom. The summed E-state index contributed by atoms with van der Waals surface area (Å²) < 4.78 is 0. The van der Waals surface area contributed by atoms with E-state index in [1.165, 1.54) is 0 Å². The van der Waals surface area contributed by atoms with Crippen LogP contribution in [0, 0.1) is 11.8 Å². The van der Waals surface area contributed by atoms with E-state index in [1.54, 1.807) is 0 Å². The minimum Gasteiger partial charge on any atom is -0.481 e. The zero-order valence-corrected chi connectivity index (χ0v) is 8.74. The van der Waals surface area contributed by atoms with Crippen LogP contribution < -0.4 is 5.32 Å². The average Bonchev–Trinajstić information content (AvgIpc) is 2.79. The molecule has 4 nitrogen and oxygen atoms in total. The average molecular weight is 211 g/mol. The second-order valence-corrected chi connectivity index (χ2v) is 4.68. The number of carboxylic acid groups (broad SMARTS) is 1. The van der Waals surface area contributed by atoms with Crippen molar-refractivity contribution in [2.24, 2.45) is 11.8 Å². The van der Waals surface area contributed by atoms with Crippen molar-refractivity contribution in [1.82, 2.24) is 5.32 Å². The molecule has 2 rings (SSSR count). The van der Waals surface area contributed by atoms with E-state index >= 15 is 0 Å². The molecule has 15 heavy (non-hydrogen) atoms. The lowest BCUT2D eigenvalue weighted by molar-refractivity contribution is -0.138. The summed E-state index contributed by atoms with van der Waals surface area (Å²) in [6.45, 7) is 0. The molecule has 1 amide bonds. The van der Waals surface area contributed by atoms with Gasteiger partial charge in [-0.15, -0.1) is 0 Å². The summed E-state index contributed by atoms with van der Waals surface area (Å²) in [4.78, 5) is 22.3. The minimum absolute atomic E-state index is 0.0689. The van der Waals surface area contributed by atoms with Crippen LogP contribution in [0.5, 0.6) is 0 Å². The van der Waals surface area contributed by atoms with E-state index in [0.29, 0.717) is 5.92 Å². The van der Waals surface area contributed by atoms with Gasteiger partial charge in [0.1, 0.15) is 0 Å². The molecule has 0 aromatic heterocycles. The van der Waals surface area contributed by atoms with Crippen molar-refractivity contribution in [3.63, 3.8) is 0 Å². The first-order valence-electron chi connectivity index (χ1n) is 5.69. The summed E-state index contributed by atoms with van der Waals surface area (Å²) >= 11 is 0. The van der Waals surface area contributed by atoms with Gasteiger partial charge in [0.25, 0.3) is 0 Å². The maximum atomic E-state index is 11.6. The molecule has 0 aromatic carbocycles. The lowest BCUT2D eigenvalue weighted by Gasteiger charge is -2.27. The van der Waals surface area contributed by atoms with Crippen molar-refractivity contribution in [3.8, 4) is 0 Å². The maximum absolute atomic E-state index is 11.6. The molecule has 0 spiro atoms. The van der Waals surface area contributed by atoms with Crippen molar-refractivity contribution >= 4 is 11.9 Å². The Balaban J connectivity index is 1.82. The van der Waals surface area contributed by atoms with E-state index in [9.17, 15) is 9.59 Å². The Kier molecular flexibility index (Phi) is 2.93. The van der Waals surface area contributed by atoms with Gasteiger partial charge in [-0.25, -0.2) is 0 Å². The van der Waals surface area contributed by atoms with Crippen LogP contribution in [0.1, 0.15) is 38.5 Å². The predicted octanol–water partition coefficient (Wildman–Crippen LogP) is 1.16. The van der Waals surface area contributed by atoms with E-state index in [1.807, 2.05) is 0 Å². The molecule has 84 valence electrons. The number of carbonyl (C=O) groups excluding carboxylic acids is 1. The molecule has 2 saturated carbocycles. The molecular weight excluding hydrogens is 194 g/mol. The molecule has 2 N–H and O–H groups in total. The van der Waals surface area contributed by atoms with Crippen LogP contribution in [0.15, 0.2) is 0 Å². The molecule has 0 aliphatic heterocycles. The summed E-state index contributed by atoms with van der Waals surface area (Å²) in [5.74, 6) is -0.189. The molecule has 2 aliphatic rings. The van der Waals surface area contributed by atoms with Crippen molar-refractivity contribution in [2.45, 2.75) is 44.6 Å². The molecule has 0 aromatic rings. The van der Waals surface area contributed by atoms with E-state index in [0.717, 1.165) is 32.1 Å². The van der Waals surface area contributed by atoms with Crippen molar-refractivity contribution in [1.29, 1.82) is 0 Å². The predicted molar refractivity (Wildman–Crippen MR) is 54.2 cm³/mol. The SMILES string of the molecule is O=C(O)C[C@@H](NC(=O)C1CCC1)C1CC1. The second-order valence-electron chi connectivity index (χ2n) is 4.68. The van der Waals surface area contributed by atoms with Crippen LogP contribution in [0.25, 0.3) is 0 Å². The van der Waals surface area contributed by atoms with E-state index < -0.39 is 5.97 Å². The summed E-state index contributed by atoms with van der Waals surface area (Å²) in [6, 6.07) is -0.129. The fraction of sp³-hybridized carbons (Fsp3) is 0.818. The third kappa shape index (κ3) is 2.70. The molecule has 0 bridgehead atoms. The number of aliphatic carboxylic acids is 1. The third-order valence-electron chi connectivity index (χ3n) is 3.39. The van der Waals surface area contributed by atoms with Crippen LogP contribution >= 0.6 is 0 Å². The van der Waals surface area contributed by atoms with Crippen LogP contribution in [0.2, 0.25) is 0 Å². The second kappa shape index (κ2) is 4.21. The number of carbonyl (C=O) groups is 2. The van der Waals surface area contributed by atoms with Crippen molar-refractivity contribution in [3.05, 3.63) is 0 Å². The Morgan fingerprint density at radius 3 is 2.33 bits per heavy atom. The maximum Gasteiger partial charge on any atom is 0.305 e. The van der Waals surface area contributed by atoms with Crippen molar-refractivity contribution in [2.75, 3.05) is 0 Å².